The summed E-state index contributed by atoms with van der Waals surface area (Å²) in [6.45, 7) is 5.05. The molecule has 2 aliphatic rings. The number of piperazine rings is 1. The minimum absolute atomic E-state index is 0.0483. The number of para-hydroxylation sites is 2. The predicted octanol–water partition coefficient (Wildman–Crippen LogP) is 2.50. The van der Waals surface area contributed by atoms with Gasteiger partial charge in [-0.05, 0) is 36.8 Å². The number of aryl methyl sites for hydroxylation is 1. The maximum absolute atomic E-state index is 13.2. The van der Waals surface area contributed by atoms with Crippen LogP contribution in [0, 0.1) is 0 Å². The second-order valence-electron chi connectivity index (χ2n) is 7.73. The van der Waals surface area contributed by atoms with Crippen molar-refractivity contribution in [2.24, 2.45) is 0 Å². The second-order valence-corrected chi connectivity index (χ2v) is 7.73. The van der Waals surface area contributed by atoms with Crippen LogP contribution < -0.4 is 19.9 Å². The topological polar surface area (TPSA) is 76.9 Å². The van der Waals surface area contributed by atoms with Gasteiger partial charge in [-0.15, -0.1) is 0 Å². The largest absolute Gasteiger partial charge is 0.454 e. The lowest BCUT2D eigenvalue weighted by molar-refractivity contribution is 0.0746. The van der Waals surface area contributed by atoms with Crippen LogP contribution in [0.15, 0.2) is 47.3 Å². The molecule has 5 rings (SSSR count). The molecule has 0 spiro atoms. The highest BCUT2D eigenvalue weighted by Gasteiger charge is 2.26. The molecule has 8 heteroatoms. The Bertz CT molecular complexity index is 1200. The molecule has 2 aliphatic heterocycles. The molecule has 0 bridgehead atoms. The van der Waals surface area contributed by atoms with Gasteiger partial charge in [-0.1, -0.05) is 19.1 Å². The lowest BCUT2D eigenvalue weighted by Gasteiger charge is -2.35. The molecule has 2 aromatic carbocycles. The molecule has 1 aromatic heterocycles. The quantitative estimate of drug-likeness (QED) is 0.646. The molecule has 8 nitrogen and oxygen atoms in total. The molecule has 31 heavy (non-hydrogen) atoms. The summed E-state index contributed by atoms with van der Waals surface area (Å²) in [7, 11) is 0. The zero-order chi connectivity index (χ0) is 21.4. The maximum Gasteiger partial charge on any atom is 0.294 e. The fourth-order valence-corrected chi connectivity index (χ4v) is 4.16. The molecule has 1 fully saturated rings. The van der Waals surface area contributed by atoms with Gasteiger partial charge < -0.3 is 23.8 Å². The SMILES string of the molecule is CCCn1c(=O)c(N2CCN(C(=O)c3ccc4c(c3)OCO4)CC2)nc2ccccc21. The van der Waals surface area contributed by atoms with Gasteiger partial charge in [0.05, 0.1) is 11.0 Å². The summed E-state index contributed by atoms with van der Waals surface area (Å²) in [6, 6.07) is 13.0. The Labute approximate surface area is 179 Å². The van der Waals surface area contributed by atoms with Gasteiger partial charge in [0, 0.05) is 38.3 Å². The number of benzene rings is 2. The summed E-state index contributed by atoms with van der Waals surface area (Å²) >= 11 is 0. The first-order valence-corrected chi connectivity index (χ1v) is 10.6. The summed E-state index contributed by atoms with van der Waals surface area (Å²) in [5.41, 5.74) is 2.17. The van der Waals surface area contributed by atoms with Crippen molar-refractivity contribution in [3.05, 3.63) is 58.4 Å². The number of fused-ring (bicyclic) bond motifs is 2. The summed E-state index contributed by atoms with van der Waals surface area (Å²) in [5, 5.41) is 0. The van der Waals surface area contributed by atoms with E-state index in [9.17, 15) is 9.59 Å². The van der Waals surface area contributed by atoms with Crippen molar-refractivity contribution in [3.8, 4) is 11.5 Å². The number of carbonyl (C=O) groups excluding carboxylic acids is 1. The van der Waals surface area contributed by atoms with Gasteiger partial charge in [0.1, 0.15) is 0 Å². The molecule has 0 saturated carbocycles. The van der Waals surface area contributed by atoms with Crippen LogP contribution >= 0.6 is 0 Å². The monoisotopic (exact) mass is 420 g/mol. The predicted molar refractivity (Wildman–Crippen MR) is 117 cm³/mol. The van der Waals surface area contributed by atoms with Gasteiger partial charge in [-0.2, -0.15) is 0 Å². The molecule has 1 amide bonds. The first-order valence-electron chi connectivity index (χ1n) is 10.6. The summed E-state index contributed by atoms with van der Waals surface area (Å²) in [5.74, 6) is 1.67. The fraction of sp³-hybridized carbons (Fsp3) is 0.348. The third-order valence-corrected chi connectivity index (χ3v) is 5.77. The van der Waals surface area contributed by atoms with Crippen LogP contribution in [0.2, 0.25) is 0 Å². The number of aromatic nitrogens is 2. The maximum atomic E-state index is 13.2. The van der Waals surface area contributed by atoms with E-state index in [-0.39, 0.29) is 18.3 Å². The van der Waals surface area contributed by atoms with E-state index in [4.69, 9.17) is 9.47 Å². The molecular weight excluding hydrogens is 396 g/mol. The van der Waals surface area contributed by atoms with Crippen molar-refractivity contribution in [1.29, 1.82) is 0 Å². The van der Waals surface area contributed by atoms with E-state index in [1.807, 2.05) is 33.7 Å². The van der Waals surface area contributed by atoms with Crippen molar-refractivity contribution in [3.63, 3.8) is 0 Å². The van der Waals surface area contributed by atoms with Crippen LogP contribution in [0.4, 0.5) is 5.82 Å². The van der Waals surface area contributed by atoms with E-state index in [0.717, 1.165) is 17.5 Å². The Morgan fingerprint density at radius 2 is 1.81 bits per heavy atom. The van der Waals surface area contributed by atoms with Crippen LogP contribution in [0.25, 0.3) is 11.0 Å². The summed E-state index contributed by atoms with van der Waals surface area (Å²) in [6.07, 6.45) is 0.866. The van der Waals surface area contributed by atoms with Crippen LogP contribution in [0.3, 0.4) is 0 Å². The number of hydrogen-bond donors (Lipinski definition) is 0. The Hall–Kier alpha value is -3.55. The fourth-order valence-electron chi connectivity index (χ4n) is 4.16. The molecule has 0 aliphatic carbocycles. The van der Waals surface area contributed by atoms with Crippen LogP contribution in [0.5, 0.6) is 11.5 Å². The summed E-state index contributed by atoms with van der Waals surface area (Å²) < 4.78 is 12.5. The molecular formula is C23H24N4O4. The van der Waals surface area contributed by atoms with Crippen molar-refractivity contribution >= 4 is 22.8 Å². The van der Waals surface area contributed by atoms with Gasteiger partial charge in [0.15, 0.2) is 17.3 Å². The third kappa shape index (κ3) is 3.48. The number of carbonyl (C=O) groups is 1. The van der Waals surface area contributed by atoms with E-state index >= 15 is 0 Å². The van der Waals surface area contributed by atoms with Gasteiger partial charge in [0.2, 0.25) is 6.79 Å². The van der Waals surface area contributed by atoms with Gasteiger partial charge in [-0.3, -0.25) is 9.59 Å². The molecule has 3 aromatic rings. The van der Waals surface area contributed by atoms with Gasteiger partial charge in [0.25, 0.3) is 11.5 Å². The number of anilines is 1. The van der Waals surface area contributed by atoms with Crippen molar-refractivity contribution in [2.45, 2.75) is 19.9 Å². The average Bonchev–Trinajstić information content (AvgIpc) is 3.28. The smallest absolute Gasteiger partial charge is 0.294 e. The zero-order valence-electron chi connectivity index (χ0n) is 17.4. The lowest BCUT2D eigenvalue weighted by atomic mass is 10.1. The van der Waals surface area contributed by atoms with E-state index in [1.54, 1.807) is 23.1 Å². The van der Waals surface area contributed by atoms with Crippen LogP contribution in [-0.4, -0.2) is 53.3 Å². The Balaban J connectivity index is 1.36. The third-order valence-electron chi connectivity index (χ3n) is 5.77. The Kier molecular flexibility index (Phi) is 4.97. The lowest BCUT2D eigenvalue weighted by Crippen LogP contribution is -2.50. The Morgan fingerprint density at radius 1 is 1.03 bits per heavy atom. The standard InChI is InChI=1S/C23H24N4O4/c1-2-9-27-18-6-4-3-5-17(18)24-21(23(27)29)25-10-12-26(13-11-25)22(28)16-7-8-19-20(14-16)31-15-30-19/h3-8,14H,2,9-13,15H2,1H3. The number of nitrogens with zero attached hydrogens (tertiary/aromatic N) is 4. The van der Waals surface area contributed by atoms with E-state index in [1.165, 1.54) is 0 Å². The van der Waals surface area contributed by atoms with Crippen LogP contribution in [-0.2, 0) is 6.54 Å². The minimum Gasteiger partial charge on any atom is -0.454 e. The Morgan fingerprint density at radius 3 is 2.61 bits per heavy atom. The van der Waals surface area contributed by atoms with Crippen LogP contribution in [0.1, 0.15) is 23.7 Å². The van der Waals surface area contributed by atoms with Crippen molar-refractivity contribution in [1.82, 2.24) is 14.5 Å². The average molecular weight is 420 g/mol. The first-order chi connectivity index (χ1) is 15.2. The molecule has 3 heterocycles. The second kappa shape index (κ2) is 7.94. The van der Waals surface area contributed by atoms with Gasteiger partial charge >= 0.3 is 0 Å². The zero-order valence-corrected chi connectivity index (χ0v) is 17.4. The van der Waals surface area contributed by atoms with Gasteiger partial charge in [-0.25, -0.2) is 4.98 Å². The number of hydrogen-bond acceptors (Lipinski definition) is 6. The van der Waals surface area contributed by atoms with E-state index in [0.29, 0.717) is 55.6 Å². The highest BCUT2D eigenvalue weighted by molar-refractivity contribution is 5.95. The highest BCUT2D eigenvalue weighted by Crippen LogP contribution is 2.33. The van der Waals surface area contributed by atoms with E-state index < -0.39 is 0 Å². The molecule has 0 atom stereocenters. The highest BCUT2D eigenvalue weighted by atomic mass is 16.7. The minimum atomic E-state index is -0.0731. The molecule has 0 N–H and O–H groups in total. The molecule has 160 valence electrons. The first kappa shape index (κ1) is 19.4. The number of ether oxygens (including phenoxy) is 2. The number of rotatable bonds is 4. The number of amides is 1. The summed E-state index contributed by atoms with van der Waals surface area (Å²) in [4.78, 5) is 34.6. The molecule has 0 radical (unpaired) electrons. The van der Waals surface area contributed by atoms with E-state index in [2.05, 4.69) is 11.9 Å². The van der Waals surface area contributed by atoms with Crippen molar-refractivity contribution < 1.29 is 14.3 Å². The molecule has 1 saturated heterocycles. The molecule has 0 unspecified atom stereocenters. The normalized spacial score (nSPS) is 15.5. The van der Waals surface area contributed by atoms with Crippen molar-refractivity contribution in [2.75, 3.05) is 37.9 Å².